The zero-order chi connectivity index (χ0) is 17.4. The lowest BCUT2D eigenvalue weighted by atomic mass is 9.73. The Labute approximate surface area is 145 Å². The number of hydrogen-bond acceptors (Lipinski definition) is 2. The maximum atomic E-state index is 13.2. The van der Waals surface area contributed by atoms with E-state index in [1.165, 1.54) is 12.1 Å². The minimum atomic E-state index is -0.291. The van der Waals surface area contributed by atoms with Crippen LogP contribution in [0.4, 0.5) is 4.39 Å². The number of Topliss-reactive ketones (excluding diaryl/α,β-unsaturated/α-hetero) is 1. The van der Waals surface area contributed by atoms with Crippen molar-refractivity contribution < 1.29 is 14.0 Å². The van der Waals surface area contributed by atoms with Crippen LogP contribution in [0.25, 0.3) is 0 Å². The molecular weight excluding hydrogens is 317 g/mol. The van der Waals surface area contributed by atoms with Crippen LogP contribution in [-0.4, -0.2) is 11.7 Å². The van der Waals surface area contributed by atoms with Crippen molar-refractivity contribution in [3.63, 3.8) is 0 Å². The molecule has 0 spiro atoms. The van der Waals surface area contributed by atoms with Gasteiger partial charge in [0.2, 0.25) is 5.91 Å². The van der Waals surface area contributed by atoms with Crippen LogP contribution in [0.2, 0.25) is 0 Å². The van der Waals surface area contributed by atoms with Gasteiger partial charge in [0, 0.05) is 30.0 Å². The van der Waals surface area contributed by atoms with Gasteiger partial charge in [0.05, 0.1) is 0 Å². The monoisotopic (exact) mass is 335 g/mol. The smallest absolute Gasteiger partial charge is 0.225 e. The topological polar surface area (TPSA) is 46.2 Å². The quantitative estimate of drug-likeness (QED) is 0.906. The van der Waals surface area contributed by atoms with Gasteiger partial charge in [-0.25, -0.2) is 4.39 Å². The number of carbonyl (C=O) groups is 2. The van der Waals surface area contributed by atoms with Crippen LogP contribution in [0.5, 0.6) is 0 Å². The van der Waals surface area contributed by atoms with Crippen molar-refractivity contribution in [3.05, 3.63) is 82.8 Å². The minimum Gasteiger partial charge on any atom is -0.329 e. The number of allylic oxidation sites excluding steroid dienone is 2. The maximum absolute atomic E-state index is 13.2. The number of carbonyl (C=O) groups excluding carboxylic acids is 2. The summed E-state index contributed by atoms with van der Waals surface area (Å²) in [4.78, 5) is 25.1. The molecule has 2 atom stereocenters. The Hall–Kier alpha value is -2.75. The first-order valence-corrected chi connectivity index (χ1v) is 8.48. The van der Waals surface area contributed by atoms with Crippen molar-refractivity contribution >= 4 is 11.7 Å². The molecule has 2 unspecified atom stereocenters. The van der Waals surface area contributed by atoms with Gasteiger partial charge in [-0.1, -0.05) is 42.5 Å². The fraction of sp³-hybridized carbons (Fsp3) is 0.238. The van der Waals surface area contributed by atoms with Gasteiger partial charge in [-0.15, -0.1) is 0 Å². The van der Waals surface area contributed by atoms with E-state index in [1.807, 2.05) is 30.3 Å². The van der Waals surface area contributed by atoms with E-state index in [0.29, 0.717) is 19.3 Å². The van der Waals surface area contributed by atoms with Gasteiger partial charge >= 0.3 is 0 Å². The first-order chi connectivity index (χ1) is 12.1. The van der Waals surface area contributed by atoms with Gasteiger partial charge in [0.25, 0.3) is 0 Å². The fourth-order valence-corrected chi connectivity index (χ4v) is 3.90. The van der Waals surface area contributed by atoms with E-state index < -0.39 is 0 Å². The number of ketones is 1. The molecule has 0 saturated carbocycles. The van der Waals surface area contributed by atoms with Crippen LogP contribution in [0, 0.1) is 5.82 Å². The molecule has 4 rings (SSSR count). The Morgan fingerprint density at radius 3 is 2.28 bits per heavy atom. The average molecular weight is 335 g/mol. The second-order valence-corrected chi connectivity index (χ2v) is 6.69. The van der Waals surface area contributed by atoms with Crippen LogP contribution in [-0.2, 0) is 9.59 Å². The zero-order valence-corrected chi connectivity index (χ0v) is 13.7. The second-order valence-electron chi connectivity index (χ2n) is 6.69. The summed E-state index contributed by atoms with van der Waals surface area (Å²) in [6.45, 7) is 0. The molecule has 2 aromatic carbocycles. The fourth-order valence-electron chi connectivity index (χ4n) is 3.90. The van der Waals surface area contributed by atoms with E-state index in [1.54, 1.807) is 12.1 Å². The molecule has 1 amide bonds. The highest BCUT2D eigenvalue weighted by Crippen LogP contribution is 2.42. The van der Waals surface area contributed by atoms with E-state index in [2.05, 4.69) is 5.32 Å². The summed E-state index contributed by atoms with van der Waals surface area (Å²) >= 11 is 0. The van der Waals surface area contributed by atoms with Crippen molar-refractivity contribution in [2.24, 2.45) is 0 Å². The summed E-state index contributed by atoms with van der Waals surface area (Å²) in [5, 5.41) is 2.91. The third-order valence-corrected chi connectivity index (χ3v) is 5.08. The van der Waals surface area contributed by atoms with Crippen LogP contribution in [0.3, 0.4) is 0 Å². The van der Waals surface area contributed by atoms with E-state index in [-0.39, 0.29) is 29.3 Å². The maximum Gasteiger partial charge on any atom is 0.225 e. The molecule has 0 saturated heterocycles. The number of rotatable bonds is 2. The summed E-state index contributed by atoms with van der Waals surface area (Å²) in [6.07, 6.45) is 1.29. The number of hydrogen-bond donors (Lipinski definition) is 1. The second kappa shape index (κ2) is 6.28. The van der Waals surface area contributed by atoms with Gasteiger partial charge in [0.15, 0.2) is 5.78 Å². The van der Waals surface area contributed by atoms with Crippen molar-refractivity contribution in [1.82, 2.24) is 5.32 Å². The van der Waals surface area contributed by atoms with Gasteiger partial charge in [-0.05, 0) is 35.6 Å². The summed E-state index contributed by atoms with van der Waals surface area (Å²) in [5.74, 6) is -0.473. The Bertz CT molecular complexity index is 855. The molecule has 0 bridgehead atoms. The van der Waals surface area contributed by atoms with Crippen LogP contribution < -0.4 is 5.32 Å². The van der Waals surface area contributed by atoms with Crippen molar-refractivity contribution in [2.45, 2.75) is 31.1 Å². The molecule has 2 aromatic rings. The summed E-state index contributed by atoms with van der Waals surface area (Å²) in [5.41, 5.74) is 3.40. The Morgan fingerprint density at radius 2 is 1.56 bits per heavy atom. The molecule has 1 heterocycles. The van der Waals surface area contributed by atoms with Crippen LogP contribution in [0.1, 0.15) is 42.2 Å². The van der Waals surface area contributed by atoms with Gasteiger partial charge in [-0.3, -0.25) is 9.59 Å². The molecular formula is C21H18FNO2. The number of nitrogens with one attached hydrogen (secondary N) is 1. The molecule has 0 radical (unpaired) electrons. The highest BCUT2D eigenvalue weighted by molar-refractivity contribution is 6.02. The Balaban J connectivity index is 1.70. The normalized spacial score (nSPS) is 23.2. The average Bonchev–Trinajstić information content (AvgIpc) is 2.62. The molecule has 2 aliphatic rings. The molecule has 0 aromatic heterocycles. The predicted molar refractivity (Wildman–Crippen MR) is 92.4 cm³/mol. The van der Waals surface area contributed by atoms with E-state index in [0.717, 1.165) is 22.4 Å². The lowest BCUT2D eigenvalue weighted by Crippen LogP contribution is -2.38. The molecule has 0 fully saturated rings. The largest absolute Gasteiger partial charge is 0.329 e. The Kier molecular flexibility index (Phi) is 3.96. The highest BCUT2D eigenvalue weighted by atomic mass is 19.1. The van der Waals surface area contributed by atoms with E-state index in [9.17, 15) is 14.0 Å². The molecule has 1 aliphatic heterocycles. The third-order valence-electron chi connectivity index (χ3n) is 5.08. The number of halogens is 1. The summed E-state index contributed by atoms with van der Waals surface area (Å²) in [7, 11) is 0. The minimum absolute atomic E-state index is 0.0262. The zero-order valence-electron chi connectivity index (χ0n) is 13.7. The standard InChI is InChI=1S/C21H18FNO2/c22-16-8-6-13(7-9-16)15-10-18-21(19(24)11-15)17(12-20(25)23-18)14-4-2-1-3-5-14/h1-9,15,17H,10-12H2,(H,23,25). The molecule has 3 nitrogen and oxygen atoms in total. The van der Waals surface area contributed by atoms with E-state index >= 15 is 0 Å². The molecule has 1 aliphatic carbocycles. The molecule has 1 N–H and O–H groups in total. The van der Waals surface area contributed by atoms with Crippen molar-refractivity contribution in [2.75, 3.05) is 0 Å². The molecule has 126 valence electrons. The van der Waals surface area contributed by atoms with Crippen LogP contribution in [0.15, 0.2) is 65.9 Å². The predicted octanol–water partition coefficient (Wildman–Crippen LogP) is 3.83. The van der Waals surface area contributed by atoms with Gasteiger partial charge < -0.3 is 5.32 Å². The van der Waals surface area contributed by atoms with Crippen molar-refractivity contribution in [1.29, 1.82) is 0 Å². The van der Waals surface area contributed by atoms with Gasteiger partial charge in [0.1, 0.15) is 5.82 Å². The summed E-state index contributed by atoms with van der Waals surface area (Å²) < 4.78 is 13.2. The summed E-state index contributed by atoms with van der Waals surface area (Å²) in [6, 6.07) is 16.0. The van der Waals surface area contributed by atoms with Crippen LogP contribution >= 0.6 is 0 Å². The lowest BCUT2D eigenvalue weighted by molar-refractivity contribution is -0.122. The van der Waals surface area contributed by atoms with Crippen molar-refractivity contribution in [3.8, 4) is 0 Å². The first kappa shape index (κ1) is 15.8. The van der Waals surface area contributed by atoms with E-state index in [4.69, 9.17) is 0 Å². The Morgan fingerprint density at radius 1 is 0.840 bits per heavy atom. The highest BCUT2D eigenvalue weighted by Gasteiger charge is 2.38. The number of amides is 1. The lowest BCUT2D eigenvalue weighted by Gasteiger charge is -2.34. The third kappa shape index (κ3) is 3.00. The molecule has 25 heavy (non-hydrogen) atoms. The molecule has 4 heteroatoms. The van der Waals surface area contributed by atoms with Gasteiger partial charge in [-0.2, -0.15) is 0 Å². The number of benzene rings is 2. The SMILES string of the molecule is O=C1CC(c2ccccc2)C2=C(CC(c3ccc(F)cc3)CC2=O)N1. The first-order valence-electron chi connectivity index (χ1n) is 8.48.